The molecule has 0 bridgehead atoms. The molecule has 1 aromatic rings. The molecular formula is C14H18F2N2O2. The molecule has 1 saturated heterocycles. The van der Waals surface area contributed by atoms with Gasteiger partial charge in [0.05, 0.1) is 19.7 Å². The van der Waals surface area contributed by atoms with E-state index in [-0.39, 0.29) is 5.91 Å². The Labute approximate surface area is 116 Å². The summed E-state index contributed by atoms with van der Waals surface area (Å²) in [5.74, 6) is 0.416. The summed E-state index contributed by atoms with van der Waals surface area (Å²) in [6, 6.07) is 6.66. The molecule has 0 radical (unpaired) electrons. The van der Waals surface area contributed by atoms with Crippen molar-refractivity contribution in [3.63, 3.8) is 0 Å². The third-order valence-electron chi connectivity index (χ3n) is 3.43. The quantitative estimate of drug-likeness (QED) is 0.901. The number of hydrogen-bond donors (Lipinski definition) is 1. The first-order chi connectivity index (χ1) is 9.56. The van der Waals surface area contributed by atoms with Crippen LogP contribution in [0, 0.1) is 0 Å². The van der Waals surface area contributed by atoms with Crippen molar-refractivity contribution in [1.82, 2.24) is 10.2 Å². The lowest BCUT2D eigenvalue weighted by Gasteiger charge is -2.24. The van der Waals surface area contributed by atoms with E-state index in [1.54, 1.807) is 31.4 Å². The maximum atomic E-state index is 12.7. The zero-order valence-electron chi connectivity index (χ0n) is 11.5. The molecular weight excluding hydrogens is 266 g/mol. The molecule has 6 heteroatoms. The van der Waals surface area contributed by atoms with Gasteiger partial charge in [-0.3, -0.25) is 10.1 Å². The highest BCUT2D eigenvalue weighted by molar-refractivity contribution is 5.84. The van der Waals surface area contributed by atoms with Gasteiger partial charge in [-0.25, -0.2) is 8.78 Å². The van der Waals surface area contributed by atoms with Crippen LogP contribution in [0.2, 0.25) is 0 Å². The van der Waals surface area contributed by atoms with E-state index in [1.165, 1.54) is 4.90 Å². The number of carbonyl (C=O) groups excluding carboxylic acids is 1. The van der Waals surface area contributed by atoms with Gasteiger partial charge in [0.25, 0.3) is 6.43 Å². The van der Waals surface area contributed by atoms with E-state index in [4.69, 9.17) is 4.74 Å². The number of hydrogen-bond acceptors (Lipinski definition) is 3. The molecule has 1 fully saturated rings. The topological polar surface area (TPSA) is 41.6 Å². The fourth-order valence-corrected chi connectivity index (χ4v) is 2.38. The first-order valence-corrected chi connectivity index (χ1v) is 6.55. The second-order valence-corrected chi connectivity index (χ2v) is 4.68. The highest BCUT2D eigenvalue weighted by atomic mass is 19.3. The average molecular weight is 284 g/mol. The monoisotopic (exact) mass is 284 g/mol. The van der Waals surface area contributed by atoms with Crippen LogP contribution in [0.25, 0.3) is 0 Å². The van der Waals surface area contributed by atoms with Gasteiger partial charge in [0.15, 0.2) is 0 Å². The van der Waals surface area contributed by atoms with Gasteiger partial charge in [-0.1, -0.05) is 19.1 Å². The molecule has 1 aliphatic rings. The summed E-state index contributed by atoms with van der Waals surface area (Å²) in [5, 5.41) is 3.10. The lowest BCUT2D eigenvalue weighted by atomic mass is 10.1. The van der Waals surface area contributed by atoms with Crippen LogP contribution in [0.3, 0.4) is 0 Å². The molecule has 0 spiro atoms. The molecule has 1 heterocycles. The molecule has 20 heavy (non-hydrogen) atoms. The number of carbonyl (C=O) groups is 1. The summed E-state index contributed by atoms with van der Waals surface area (Å²) in [6.07, 6.45) is -2.48. The molecule has 0 aromatic heterocycles. The van der Waals surface area contributed by atoms with Crippen molar-refractivity contribution in [2.75, 3.05) is 13.7 Å². The number of nitrogens with zero attached hydrogens (tertiary/aromatic N) is 1. The van der Waals surface area contributed by atoms with Gasteiger partial charge in [-0.15, -0.1) is 0 Å². The Kier molecular flexibility index (Phi) is 4.54. The van der Waals surface area contributed by atoms with Crippen molar-refractivity contribution in [2.45, 2.75) is 32.0 Å². The normalized spacial score (nSPS) is 22.6. The molecule has 1 amide bonds. The second kappa shape index (κ2) is 6.17. The van der Waals surface area contributed by atoms with Crippen molar-refractivity contribution in [2.24, 2.45) is 0 Å². The Morgan fingerprint density at radius 3 is 2.50 bits per heavy atom. The van der Waals surface area contributed by atoms with E-state index in [2.05, 4.69) is 5.32 Å². The minimum absolute atomic E-state index is 0.270. The smallest absolute Gasteiger partial charge is 0.255 e. The highest BCUT2D eigenvalue weighted by Crippen LogP contribution is 2.28. The van der Waals surface area contributed by atoms with Crippen LogP contribution in [0.15, 0.2) is 24.3 Å². The molecule has 1 N–H and O–H groups in total. The van der Waals surface area contributed by atoms with Crippen molar-refractivity contribution >= 4 is 5.91 Å². The minimum atomic E-state index is -2.54. The standard InChI is InChI=1S/C14H18F2N2O2/c1-3-11-14(19)18(8-12(15)16)13(17-11)9-4-6-10(20-2)7-5-9/h4-7,11-13,17H,3,8H2,1-2H3. The van der Waals surface area contributed by atoms with E-state index in [0.717, 1.165) is 5.56 Å². The summed E-state index contributed by atoms with van der Waals surface area (Å²) in [4.78, 5) is 13.3. The molecule has 2 atom stereocenters. The number of halogens is 2. The number of nitrogens with one attached hydrogen (secondary N) is 1. The third kappa shape index (κ3) is 2.90. The first kappa shape index (κ1) is 14.7. The summed E-state index contributed by atoms with van der Waals surface area (Å²) in [5.41, 5.74) is 0.774. The molecule has 1 aromatic carbocycles. The molecule has 4 nitrogen and oxygen atoms in total. The number of rotatable bonds is 5. The number of amides is 1. The summed E-state index contributed by atoms with van der Waals surface area (Å²) in [6.45, 7) is 1.30. The Morgan fingerprint density at radius 2 is 2.00 bits per heavy atom. The SMILES string of the molecule is CCC1NC(c2ccc(OC)cc2)N(CC(F)F)C1=O. The lowest BCUT2D eigenvalue weighted by Crippen LogP contribution is -2.34. The second-order valence-electron chi connectivity index (χ2n) is 4.68. The fraction of sp³-hybridized carbons (Fsp3) is 0.500. The largest absolute Gasteiger partial charge is 0.497 e. The number of methoxy groups -OCH3 is 1. The highest BCUT2D eigenvalue weighted by Gasteiger charge is 2.39. The van der Waals surface area contributed by atoms with E-state index in [1.807, 2.05) is 6.92 Å². The maximum Gasteiger partial charge on any atom is 0.255 e. The number of ether oxygens (including phenoxy) is 1. The average Bonchev–Trinajstić information content (AvgIpc) is 2.75. The van der Waals surface area contributed by atoms with Crippen molar-refractivity contribution < 1.29 is 18.3 Å². The van der Waals surface area contributed by atoms with Crippen LogP contribution in [0.1, 0.15) is 25.1 Å². The van der Waals surface area contributed by atoms with Gasteiger partial charge in [-0.2, -0.15) is 0 Å². The minimum Gasteiger partial charge on any atom is -0.497 e. The molecule has 0 saturated carbocycles. The Morgan fingerprint density at radius 1 is 1.35 bits per heavy atom. The molecule has 2 unspecified atom stereocenters. The van der Waals surface area contributed by atoms with Gasteiger partial charge >= 0.3 is 0 Å². The van der Waals surface area contributed by atoms with Gasteiger partial charge in [0.1, 0.15) is 11.9 Å². The lowest BCUT2D eigenvalue weighted by molar-refractivity contribution is -0.132. The van der Waals surface area contributed by atoms with Crippen LogP contribution in [-0.2, 0) is 4.79 Å². The van der Waals surface area contributed by atoms with Gasteiger partial charge in [-0.05, 0) is 24.1 Å². The van der Waals surface area contributed by atoms with Crippen LogP contribution < -0.4 is 10.1 Å². The maximum absolute atomic E-state index is 12.7. The van der Waals surface area contributed by atoms with Crippen LogP contribution in [0.5, 0.6) is 5.75 Å². The zero-order chi connectivity index (χ0) is 14.7. The third-order valence-corrected chi connectivity index (χ3v) is 3.43. The summed E-state index contributed by atoms with van der Waals surface area (Å²) in [7, 11) is 1.56. The van der Waals surface area contributed by atoms with E-state index < -0.39 is 25.2 Å². The Bertz CT molecular complexity index is 465. The predicted octanol–water partition coefficient (Wildman–Crippen LogP) is 2.17. The summed E-state index contributed by atoms with van der Waals surface area (Å²) >= 11 is 0. The van der Waals surface area contributed by atoms with Gasteiger partial charge < -0.3 is 9.64 Å². The van der Waals surface area contributed by atoms with Crippen LogP contribution in [0.4, 0.5) is 8.78 Å². The van der Waals surface area contributed by atoms with Crippen LogP contribution in [-0.4, -0.2) is 36.9 Å². The van der Waals surface area contributed by atoms with E-state index >= 15 is 0 Å². The van der Waals surface area contributed by atoms with Crippen LogP contribution >= 0.6 is 0 Å². The fourth-order valence-electron chi connectivity index (χ4n) is 2.38. The molecule has 1 aliphatic heterocycles. The van der Waals surface area contributed by atoms with Crippen molar-refractivity contribution in [3.05, 3.63) is 29.8 Å². The molecule has 2 rings (SSSR count). The van der Waals surface area contributed by atoms with Gasteiger partial charge in [0, 0.05) is 0 Å². The summed E-state index contributed by atoms with van der Waals surface area (Å²) < 4.78 is 30.4. The zero-order valence-corrected chi connectivity index (χ0v) is 11.5. The van der Waals surface area contributed by atoms with Crippen molar-refractivity contribution in [3.8, 4) is 5.75 Å². The number of alkyl halides is 2. The Balaban J connectivity index is 2.24. The molecule has 110 valence electrons. The number of benzene rings is 1. The van der Waals surface area contributed by atoms with E-state index in [0.29, 0.717) is 12.2 Å². The van der Waals surface area contributed by atoms with E-state index in [9.17, 15) is 13.6 Å². The van der Waals surface area contributed by atoms with Gasteiger partial charge in [0.2, 0.25) is 5.91 Å². The van der Waals surface area contributed by atoms with Crippen molar-refractivity contribution in [1.29, 1.82) is 0 Å². The predicted molar refractivity (Wildman–Crippen MR) is 70.7 cm³/mol. The Hall–Kier alpha value is -1.69. The molecule has 0 aliphatic carbocycles. The first-order valence-electron chi connectivity index (χ1n) is 6.55.